The molecule has 0 bridgehead atoms. The van der Waals surface area contributed by atoms with E-state index in [1.165, 1.54) is 4.90 Å². The van der Waals surface area contributed by atoms with Gasteiger partial charge in [-0.3, -0.25) is 23.9 Å². The van der Waals surface area contributed by atoms with E-state index in [9.17, 15) is 27.6 Å². The van der Waals surface area contributed by atoms with Crippen LogP contribution in [0.1, 0.15) is 85.5 Å². The Morgan fingerprint density at radius 2 is 1.70 bits per heavy atom. The Morgan fingerprint density at radius 3 is 2.34 bits per heavy atom. The number of hydrogen-bond donors (Lipinski definition) is 2. The van der Waals surface area contributed by atoms with Gasteiger partial charge in [0.05, 0.1) is 36.0 Å². The van der Waals surface area contributed by atoms with Crippen molar-refractivity contribution in [2.45, 2.75) is 109 Å². The van der Waals surface area contributed by atoms with Crippen molar-refractivity contribution in [1.82, 2.24) is 24.8 Å². The van der Waals surface area contributed by atoms with Gasteiger partial charge >= 0.3 is 0 Å². The summed E-state index contributed by atoms with van der Waals surface area (Å²) in [5, 5.41) is 2.89. The Hall–Kier alpha value is -4.72. The van der Waals surface area contributed by atoms with Crippen molar-refractivity contribution < 1.29 is 37.1 Å². The Morgan fingerprint density at radius 1 is 0.982 bits per heavy atom. The number of amides is 4. The van der Waals surface area contributed by atoms with Gasteiger partial charge in [0.15, 0.2) is 0 Å². The second kappa shape index (κ2) is 17.2. The Labute approximate surface area is 329 Å². The summed E-state index contributed by atoms with van der Waals surface area (Å²) in [4.78, 5) is 64.3. The monoisotopic (exact) mass is 789 g/mol. The molecule has 2 N–H and O–H groups in total. The predicted molar refractivity (Wildman–Crippen MR) is 213 cm³/mol. The molecule has 6 rings (SSSR count). The summed E-state index contributed by atoms with van der Waals surface area (Å²) >= 11 is 0. The fourth-order valence-corrected chi connectivity index (χ4v) is 8.97. The van der Waals surface area contributed by atoms with Gasteiger partial charge < -0.3 is 24.6 Å². The quantitative estimate of drug-likeness (QED) is 0.223. The second-order valence-corrected chi connectivity index (χ2v) is 18.3. The highest BCUT2D eigenvalue weighted by Gasteiger charge is 2.47. The summed E-state index contributed by atoms with van der Waals surface area (Å²) in [7, 11) is -2.27. The predicted octanol–water partition coefficient (Wildman–Crippen LogP) is 5.22. The normalized spacial score (nSPS) is 19.9. The van der Waals surface area contributed by atoms with E-state index < -0.39 is 56.6 Å². The number of nitrogens with one attached hydrogen (secondary N) is 2. The number of methoxy groups -OCH3 is 1. The van der Waals surface area contributed by atoms with Crippen LogP contribution in [0.15, 0.2) is 54.6 Å². The van der Waals surface area contributed by atoms with Crippen LogP contribution >= 0.6 is 0 Å². The van der Waals surface area contributed by atoms with Crippen LogP contribution in [0, 0.1) is 11.3 Å². The molecule has 4 amide bonds. The van der Waals surface area contributed by atoms with Crippen LogP contribution in [0.25, 0.3) is 22.2 Å². The molecule has 1 saturated carbocycles. The standard InChI is InChI=1S/C42H55N5O8S/c1-6-13-33(39(49)45-56(52,53)30-17-18-30)44-40(50)36-23-29(26-47(36)41(51)32(42(2,3)4)24-38(48)46-20-11-8-12-21-46)55-37-25-34(27-14-9-7-10-15-27)43-35-22-28(54-5)16-19-31(35)37/h7,9-10,14-16,19,22,25,29-30,32-33,36H,6,8,11-13,17-18,20-21,23-24,26H2,1-5H3,(H,44,50)(H,45,49)/t29-,32-,33+,36+/m1/s1. The number of nitrogens with zero attached hydrogens (tertiary/aromatic N) is 3. The molecule has 56 heavy (non-hydrogen) atoms. The third-order valence-electron chi connectivity index (χ3n) is 11.0. The topological polar surface area (TPSA) is 164 Å². The van der Waals surface area contributed by atoms with Crippen molar-refractivity contribution in [2.24, 2.45) is 11.3 Å². The van der Waals surface area contributed by atoms with Crippen LogP contribution in [0.4, 0.5) is 0 Å². The highest BCUT2D eigenvalue weighted by molar-refractivity contribution is 7.90. The van der Waals surface area contributed by atoms with Gasteiger partial charge in [0.1, 0.15) is 29.7 Å². The minimum atomic E-state index is -3.85. The van der Waals surface area contributed by atoms with Crippen LogP contribution in [0.3, 0.4) is 0 Å². The van der Waals surface area contributed by atoms with E-state index in [0.717, 1.165) is 24.8 Å². The number of hydrogen-bond acceptors (Lipinski definition) is 9. The molecule has 0 unspecified atom stereocenters. The maximum absolute atomic E-state index is 14.8. The number of sulfonamides is 1. The first-order chi connectivity index (χ1) is 26.7. The molecule has 2 saturated heterocycles. The number of benzene rings is 2. The van der Waals surface area contributed by atoms with E-state index in [0.29, 0.717) is 60.4 Å². The van der Waals surface area contributed by atoms with Crippen LogP contribution in [0.5, 0.6) is 11.5 Å². The molecule has 3 aliphatic rings. The zero-order chi connectivity index (χ0) is 40.2. The smallest absolute Gasteiger partial charge is 0.256 e. The fraction of sp³-hybridized carbons (Fsp3) is 0.548. The Kier molecular flexibility index (Phi) is 12.6. The molecule has 3 aromatic rings. The van der Waals surface area contributed by atoms with Gasteiger partial charge in [-0.25, -0.2) is 13.4 Å². The third kappa shape index (κ3) is 9.62. The number of likely N-dealkylation sites (tertiary alicyclic amines) is 2. The number of rotatable bonds is 14. The van der Waals surface area contributed by atoms with Crippen LogP contribution < -0.4 is 19.5 Å². The average molecular weight is 790 g/mol. The summed E-state index contributed by atoms with van der Waals surface area (Å²) in [6.07, 6.45) is 4.00. The Balaban J connectivity index is 1.32. The van der Waals surface area contributed by atoms with Gasteiger partial charge in [-0.2, -0.15) is 0 Å². The number of carbonyl (C=O) groups is 4. The molecule has 2 aromatic carbocycles. The number of fused-ring (bicyclic) bond motifs is 1. The Bertz CT molecular complexity index is 2030. The van der Waals surface area contributed by atoms with E-state index in [4.69, 9.17) is 14.5 Å². The molecular weight excluding hydrogens is 735 g/mol. The molecular formula is C42H55N5O8S. The highest BCUT2D eigenvalue weighted by Crippen LogP contribution is 2.37. The minimum Gasteiger partial charge on any atom is -0.497 e. The lowest BCUT2D eigenvalue weighted by Crippen LogP contribution is -2.55. The van der Waals surface area contributed by atoms with Crippen molar-refractivity contribution in [1.29, 1.82) is 0 Å². The van der Waals surface area contributed by atoms with E-state index in [1.807, 2.05) is 87.2 Å². The van der Waals surface area contributed by atoms with Gasteiger partial charge in [-0.1, -0.05) is 64.4 Å². The lowest BCUT2D eigenvalue weighted by Gasteiger charge is -2.36. The summed E-state index contributed by atoms with van der Waals surface area (Å²) in [5.74, 6) is -1.45. The number of piperidine rings is 1. The lowest BCUT2D eigenvalue weighted by molar-refractivity contribution is -0.148. The van der Waals surface area contributed by atoms with Crippen molar-refractivity contribution in [3.63, 3.8) is 0 Å². The molecule has 1 aliphatic carbocycles. The summed E-state index contributed by atoms with van der Waals surface area (Å²) in [5.41, 5.74) is 1.55. The van der Waals surface area contributed by atoms with Crippen LogP contribution in [0.2, 0.25) is 0 Å². The summed E-state index contributed by atoms with van der Waals surface area (Å²) < 4.78 is 39.7. The van der Waals surface area contributed by atoms with Gasteiger partial charge in [0.25, 0.3) is 5.91 Å². The minimum absolute atomic E-state index is 0.00412. The molecule has 302 valence electrons. The average Bonchev–Trinajstić information content (AvgIpc) is 3.97. The van der Waals surface area contributed by atoms with Crippen molar-refractivity contribution in [3.05, 3.63) is 54.6 Å². The first kappa shape index (κ1) is 40.9. The maximum Gasteiger partial charge on any atom is 0.256 e. The van der Waals surface area contributed by atoms with Gasteiger partial charge in [0, 0.05) is 49.0 Å². The largest absolute Gasteiger partial charge is 0.497 e. The number of aromatic nitrogens is 1. The molecule has 0 spiro atoms. The number of carbonyl (C=O) groups excluding carboxylic acids is 4. The van der Waals surface area contributed by atoms with Gasteiger partial charge in [-0.05, 0) is 56.1 Å². The first-order valence-electron chi connectivity index (χ1n) is 19.8. The van der Waals surface area contributed by atoms with Gasteiger partial charge in [0.2, 0.25) is 27.7 Å². The van der Waals surface area contributed by atoms with Crippen LogP contribution in [-0.2, 0) is 29.2 Å². The van der Waals surface area contributed by atoms with Crippen molar-refractivity contribution in [3.8, 4) is 22.8 Å². The van der Waals surface area contributed by atoms with Crippen molar-refractivity contribution >= 4 is 44.6 Å². The molecule has 3 fully saturated rings. The lowest BCUT2D eigenvalue weighted by atomic mass is 9.77. The highest BCUT2D eigenvalue weighted by atomic mass is 32.2. The third-order valence-corrected chi connectivity index (χ3v) is 12.9. The van der Waals surface area contributed by atoms with Gasteiger partial charge in [-0.15, -0.1) is 0 Å². The second-order valence-electron chi connectivity index (χ2n) is 16.4. The molecule has 13 nitrogen and oxygen atoms in total. The molecule has 1 aromatic heterocycles. The molecule has 14 heteroatoms. The maximum atomic E-state index is 14.8. The number of pyridine rings is 1. The SMILES string of the molecule is CCC[C@H](NC(=O)[C@@H]1C[C@@H](Oc2cc(-c3ccccc3)nc3cc(OC)ccc23)CN1C(=O)[C@@H](CC(=O)N1CCCCC1)C(C)(C)C)C(=O)NS(=O)(=O)C1CC1. The van der Waals surface area contributed by atoms with E-state index in [2.05, 4.69) is 10.0 Å². The number of ether oxygens (including phenoxy) is 2. The fourth-order valence-electron chi connectivity index (χ4n) is 7.62. The van der Waals surface area contributed by atoms with E-state index >= 15 is 0 Å². The molecule has 2 aliphatic heterocycles. The van der Waals surface area contributed by atoms with E-state index in [-0.39, 0.29) is 37.6 Å². The van der Waals surface area contributed by atoms with Crippen molar-refractivity contribution in [2.75, 3.05) is 26.7 Å². The molecule has 0 radical (unpaired) electrons. The molecule has 3 heterocycles. The zero-order valence-corrected chi connectivity index (χ0v) is 33.9. The van der Waals surface area contributed by atoms with E-state index in [1.54, 1.807) is 7.11 Å². The summed E-state index contributed by atoms with van der Waals surface area (Å²) in [6.45, 7) is 8.95. The first-order valence-corrected chi connectivity index (χ1v) is 21.4. The zero-order valence-electron chi connectivity index (χ0n) is 33.1. The van der Waals surface area contributed by atoms with Crippen LogP contribution in [-0.4, -0.2) is 97.0 Å². The summed E-state index contributed by atoms with van der Waals surface area (Å²) in [6, 6.07) is 14.8. The molecule has 4 atom stereocenters.